The van der Waals surface area contributed by atoms with Gasteiger partial charge in [0.25, 0.3) is 0 Å². The Bertz CT molecular complexity index is 196. The maximum Gasteiger partial charge on any atom is 0.248 e. The number of rotatable bonds is 3. The van der Waals surface area contributed by atoms with Crippen LogP contribution in [0, 0.1) is 0 Å². The lowest BCUT2D eigenvalue weighted by Crippen LogP contribution is -2.53. The number of morpholine rings is 1. The summed E-state index contributed by atoms with van der Waals surface area (Å²) >= 11 is 0. The van der Waals surface area contributed by atoms with Gasteiger partial charge in [-0.05, 0) is 26.8 Å². The first kappa shape index (κ1) is 10.5. The monoisotopic (exact) mass is 186 g/mol. The van der Waals surface area contributed by atoms with Gasteiger partial charge in [-0.1, -0.05) is 0 Å². The van der Waals surface area contributed by atoms with Gasteiger partial charge in [0.1, 0.15) is 6.61 Å². The SMILES string of the molecule is CCN1CC(C)(CCN)OCC1=O. The van der Waals surface area contributed by atoms with E-state index < -0.39 is 0 Å². The van der Waals surface area contributed by atoms with E-state index in [1.54, 1.807) is 0 Å². The molecule has 1 rings (SSSR count). The van der Waals surface area contributed by atoms with Crippen LogP contribution in [-0.4, -0.2) is 42.6 Å². The van der Waals surface area contributed by atoms with Gasteiger partial charge in [0.15, 0.2) is 0 Å². The molecule has 0 saturated carbocycles. The number of amides is 1. The predicted molar refractivity (Wildman–Crippen MR) is 50.3 cm³/mol. The van der Waals surface area contributed by atoms with Gasteiger partial charge in [0.2, 0.25) is 5.91 Å². The van der Waals surface area contributed by atoms with E-state index in [4.69, 9.17) is 10.5 Å². The first-order valence-electron chi connectivity index (χ1n) is 4.73. The molecule has 1 fully saturated rings. The molecule has 1 aliphatic heterocycles. The van der Waals surface area contributed by atoms with Crippen molar-refractivity contribution in [3.8, 4) is 0 Å². The smallest absolute Gasteiger partial charge is 0.248 e. The van der Waals surface area contributed by atoms with Crippen LogP contribution in [0.3, 0.4) is 0 Å². The molecule has 0 radical (unpaired) electrons. The first-order chi connectivity index (χ1) is 6.11. The topological polar surface area (TPSA) is 55.6 Å². The van der Waals surface area contributed by atoms with Gasteiger partial charge >= 0.3 is 0 Å². The number of carbonyl (C=O) groups excluding carboxylic acids is 1. The maximum absolute atomic E-state index is 11.3. The van der Waals surface area contributed by atoms with Gasteiger partial charge in [-0.25, -0.2) is 0 Å². The molecule has 0 aliphatic carbocycles. The van der Waals surface area contributed by atoms with E-state index in [1.807, 2.05) is 18.7 Å². The van der Waals surface area contributed by atoms with Gasteiger partial charge in [-0.15, -0.1) is 0 Å². The Balaban J connectivity index is 2.57. The molecule has 0 bridgehead atoms. The summed E-state index contributed by atoms with van der Waals surface area (Å²) in [7, 11) is 0. The Morgan fingerprint density at radius 1 is 1.69 bits per heavy atom. The standard InChI is InChI=1S/C9H18N2O2/c1-3-11-7-9(2,4-5-10)13-6-8(11)12/h3-7,10H2,1-2H3. The number of carbonyl (C=O) groups is 1. The molecule has 4 heteroatoms. The van der Waals surface area contributed by atoms with Crippen molar-refractivity contribution in [3.63, 3.8) is 0 Å². The van der Waals surface area contributed by atoms with E-state index in [9.17, 15) is 4.79 Å². The van der Waals surface area contributed by atoms with Gasteiger partial charge in [0.05, 0.1) is 5.60 Å². The highest BCUT2D eigenvalue weighted by Gasteiger charge is 2.34. The third kappa shape index (κ3) is 2.42. The van der Waals surface area contributed by atoms with E-state index in [0.29, 0.717) is 13.1 Å². The Kier molecular flexibility index (Phi) is 3.27. The molecule has 0 aromatic heterocycles. The van der Waals surface area contributed by atoms with Crippen LogP contribution in [0.5, 0.6) is 0 Å². The zero-order valence-electron chi connectivity index (χ0n) is 8.38. The van der Waals surface area contributed by atoms with Crippen LogP contribution < -0.4 is 5.73 Å². The number of ether oxygens (including phenoxy) is 1. The Morgan fingerprint density at radius 3 is 2.92 bits per heavy atom. The van der Waals surface area contributed by atoms with Crippen LogP contribution in [0.2, 0.25) is 0 Å². The summed E-state index contributed by atoms with van der Waals surface area (Å²) < 4.78 is 5.48. The summed E-state index contributed by atoms with van der Waals surface area (Å²) in [4.78, 5) is 13.1. The summed E-state index contributed by atoms with van der Waals surface area (Å²) in [6, 6.07) is 0. The summed E-state index contributed by atoms with van der Waals surface area (Å²) in [5.41, 5.74) is 5.25. The molecule has 0 spiro atoms. The van der Waals surface area contributed by atoms with Gasteiger partial charge in [0, 0.05) is 13.1 Å². The summed E-state index contributed by atoms with van der Waals surface area (Å²) in [6.45, 7) is 6.20. The van der Waals surface area contributed by atoms with Gasteiger partial charge < -0.3 is 15.4 Å². The second-order valence-electron chi connectivity index (χ2n) is 3.69. The highest BCUT2D eigenvalue weighted by Crippen LogP contribution is 2.20. The lowest BCUT2D eigenvalue weighted by atomic mass is 10.00. The van der Waals surface area contributed by atoms with Crippen LogP contribution in [0.4, 0.5) is 0 Å². The van der Waals surface area contributed by atoms with Crippen molar-refractivity contribution < 1.29 is 9.53 Å². The van der Waals surface area contributed by atoms with E-state index in [0.717, 1.165) is 13.0 Å². The molecule has 1 unspecified atom stereocenters. The zero-order valence-corrected chi connectivity index (χ0v) is 8.38. The summed E-state index contributed by atoms with van der Waals surface area (Å²) in [5.74, 6) is 0.0806. The fourth-order valence-electron chi connectivity index (χ4n) is 1.61. The minimum atomic E-state index is -0.237. The quantitative estimate of drug-likeness (QED) is 0.673. The lowest BCUT2D eigenvalue weighted by molar-refractivity contribution is -0.161. The Labute approximate surface area is 79.0 Å². The van der Waals surface area contributed by atoms with Crippen LogP contribution in [0.25, 0.3) is 0 Å². The highest BCUT2D eigenvalue weighted by molar-refractivity contribution is 5.78. The molecule has 76 valence electrons. The molecule has 0 aromatic carbocycles. The number of hydrogen-bond acceptors (Lipinski definition) is 3. The van der Waals surface area contributed by atoms with E-state index >= 15 is 0 Å². The second kappa shape index (κ2) is 4.07. The van der Waals surface area contributed by atoms with Crippen molar-refractivity contribution in [3.05, 3.63) is 0 Å². The molecule has 0 aromatic rings. The van der Waals surface area contributed by atoms with Crippen LogP contribution in [0.1, 0.15) is 20.3 Å². The second-order valence-corrected chi connectivity index (χ2v) is 3.69. The number of hydrogen-bond donors (Lipinski definition) is 1. The van der Waals surface area contributed by atoms with Crippen molar-refractivity contribution in [1.29, 1.82) is 0 Å². The third-order valence-corrected chi connectivity index (χ3v) is 2.48. The molecular weight excluding hydrogens is 168 g/mol. The average molecular weight is 186 g/mol. The molecule has 4 nitrogen and oxygen atoms in total. The highest BCUT2D eigenvalue weighted by atomic mass is 16.5. The number of likely N-dealkylation sites (N-methyl/N-ethyl adjacent to an activating group) is 1. The molecule has 1 saturated heterocycles. The van der Waals surface area contributed by atoms with Crippen LogP contribution in [-0.2, 0) is 9.53 Å². The summed E-state index contributed by atoms with van der Waals surface area (Å²) in [6.07, 6.45) is 0.802. The Hall–Kier alpha value is -0.610. The first-order valence-corrected chi connectivity index (χ1v) is 4.73. The fourth-order valence-corrected chi connectivity index (χ4v) is 1.61. The maximum atomic E-state index is 11.3. The molecule has 13 heavy (non-hydrogen) atoms. The fraction of sp³-hybridized carbons (Fsp3) is 0.889. The van der Waals surface area contributed by atoms with Gasteiger partial charge in [-0.3, -0.25) is 4.79 Å². The third-order valence-electron chi connectivity index (χ3n) is 2.48. The van der Waals surface area contributed by atoms with E-state index in [1.165, 1.54) is 0 Å². The van der Waals surface area contributed by atoms with Crippen molar-refractivity contribution in [1.82, 2.24) is 4.90 Å². The molecule has 1 atom stereocenters. The van der Waals surface area contributed by atoms with E-state index in [-0.39, 0.29) is 18.1 Å². The largest absolute Gasteiger partial charge is 0.364 e. The van der Waals surface area contributed by atoms with Crippen LogP contribution in [0.15, 0.2) is 0 Å². The average Bonchev–Trinajstić information content (AvgIpc) is 2.10. The van der Waals surface area contributed by atoms with Gasteiger partial charge in [-0.2, -0.15) is 0 Å². The molecule has 1 aliphatic rings. The summed E-state index contributed by atoms with van der Waals surface area (Å²) in [5, 5.41) is 0. The minimum absolute atomic E-state index is 0.0806. The molecule has 1 heterocycles. The van der Waals surface area contributed by atoms with Crippen molar-refractivity contribution in [2.24, 2.45) is 5.73 Å². The van der Waals surface area contributed by atoms with Crippen molar-refractivity contribution in [2.75, 3.05) is 26.2 Å². The molecule has 2 N–H and O–H groups in total. The minimum Gasteiger partial charge on any atom is -0.364 e. The predicted octanol–water partition coefficient (Wildman–Crippen LogP) is -0.0274. The number of nitrogens with zero attached hydrogens (tertiary/aromatic N) is 1. The lowest BCUT2D eigenvalue weighted by Gasteiger charge is -2.39. The van der Waals surface area contributed by atoms with E-state index in [2.05, 4.69) is 0 Å². The number of nitrogens with two attached hydrogens (primary N) is 1. The Morgan fingerprint density at radius 2 is 2.38 bits per heavy atom. The normalized spacial score (nSPS) is 29.5. The molecule has 1 amide bonds. The molecular formula is C9H18N2O2. The zero-order chi connectivity index (χ0) is 9.90. The van der Waals surface area contributed by atoms with Crippen LogP contribution >= 0.6 is 0 Å². The van der Waals surface area contributed by atoms with Crippen molar-refractivity contribution >= 4 is 5.91 Å². The van der Waals surface area contributed by atoms with Crippen molar-refractivity contribution in [2.45, 2.75) is 25.9 Å².